The number of hydrogen-bond acceptors (Lipinski definition) is 1. The van der Waals surface area contributed by atoms with Crippen molar-refractivity contribution in [1.82, 2.24) is 5.32 Å². The maximum absolute atomic E-state index is 13.7. The number of halogens is 3. The molecular weight excluding hydrogens is 263 g/mol. The van der Waals surface area contributed by atoms with Gasteiger partial charge in [0.25, 0.3) is 0 Å². The van der Waals surface area contributed by atoms with Crippen LogP contribution in [0, 0.1) is 17.5 Å². The van der Waals surface area contributed by atoms with Crippen LogP contribution in [-0.2, 0) is 6.54 Å². The Hall–Kier alpha value is -1.81. The fraction of sp³-hybridized carbons (Fsp3) is 0.250. The highest BCUT2D eigenvalue weighted by atomic mass is 19.1. The summed E-state index contributed by atoms with van der Waals surface area (Å²) in [6.45, 7) is 0.749. The minimum atomic E-state index is -0.908. The van der Waals surface area contributed by atoms with E-state index in [-0.39, 0.29) is 5.56 Å². The quantitative estimate of drug-likeness (QED) is 0.890. The number of benzene rings is 2. The van der Waals surface area contributed by atoms with E-state index in [1.807, 2.05) is 12.1 Å². The van der Waals surface area contributed by atoms with Crippen molar-refractivity contribution in [2.75, 3.05) is 0 Å². The van der Waals surface area contributed by atoms with Gasteiger partial charge in [-0.2, -0.15) is 0 Å². The number of hydrogen-bond donors (Lipinski definition) is 1. The van der Waals surface area contributed by atoms with Gasteiger partial charge in [0.2, 0.25) is 0 Å². The van der Waals surface area contributed by atoms with Crippen LogP contribution in [0.25, 0.3) is 11.1 Å². The average Bonchev–Trinajstić information content (AvgIpc) is 3.20. The summed E-state index contributed by atoms with van der Waals surface area (Å²) < 4.78 is 40.2. The molecule has 0 spiro atoms. The fourth-order valence-electron chi connectivity index (χ4n) is 2.16. The van der Waals surface area contributed by atoms with E-state index in [0.717, 1.165) is 12.1 Å². The largest absolute Gasteiger partial charge is 0.310 e. The molecule has 0 radical (unpaired) electrons. The lowest BCUT2D eigenvalue weighted by atomic mass is 10.0. The minimum absolute atomic E-state index is 0.187. The van der Waals surface area contributed by atoms with E-state index in [0.29, 0.717) is 23.7 Å². The third-order valence-corrected chi connectivity index (χ3v) is 3.42. The van der Waals surface area contributed by atoms with Crippen molar-refractivity contribution in [3.8, 4) is 11.1 Å². The third kappa shape index (κ3) is 2.85. The molecule has 20 heavy (non-hydrogen) atoms. The van der Waals surface area contributed by atoms with E-state index in [4.69, 9.17) is 0 Å². The van der Waals surface area contributed by atoms with Gasteiger partial charge in [-0.3, -0.25) is 0 Å². The van der Waals surface area contributed by atoms with Gasteiger partial charge >= 0.3 is 0 Å². The van der Waals surface area contributed by atoms with E-state index in [1.54, 1.807) is 12.1 Å². The van der Waals surface area contributed by atoms with Crippen molar-refractivity contribution in [1.29, 1.82) is 0 Å². The molecule has 0 amide bonds. The van der Waals surface area contributed by atoms with E-state index in [2.05, 4.69) is 5.32 Å². The SMILES string of the molecule is Fc1cc(F)c(-c2ccc(CNC3CC3)cc2)c(F)c1. The standard InChI is InChI=1S/C16H14F3N/c17-12-7-14(18)16(15(19)8-12)11-3-1-10(2-4-11)9-20-13-5-6-13/h1-4,7-8,13,20H,5-6,9H2. The first-order valence-electron chi connectivity index (χ1n) is 6.61. The Kier molecular flexibility index (Phi) is 3.49. The molecule has 1 saturated carbocycles. The Morgan fingerprint density at radius 2 is 1.55 bits per heavy atom. The lowest BCUT2D eigenvalue weighted by Gasteiger charge is -2.08. The molecule has 0 aromatic heterocycles. The van der Waals surface area contributed by atoms with Crippen LogP contribution >= 0.6 is 0 Å². The van der Waals surface area contributed by atoms with Gasteiger partial charge < -0.3 is 5.32 Å². The molecule has 3 rings (SSSR count). The van der Waals surface area contributed by atoms with Crippen molar-refractivity contribution in [3.05, 3.63) is 59.4 Å². The van der Waals surface area contributed by atoms with Gasteiger partial charge in [0.05, 0.1) is 5.56 Å². The summed E-state index contributed by atoms with van der Waals surface area (Å²) in [5.74, 6) is -2.67. The highest BCUT2D eigenvalue weighted by molar-refractivity contribution is 5.65. The lowest BCUT2D eigenvalue weighted by Crippen LogP contribution is -2.15. The molecule has 0 heterocycles. The van der Waals surface area contributed by atoms with Crippen molar-refractivity contribution >= 4 is 0 Å². The molecule has 2 aromatic carbocycles. The summed E-state index contributed by atoms with van der Waals surface area (Å²) in [7, 11) is 0. The molecular formula is C16H14F3N. The van der Waals surface area contributed by atoms with Gasteiger partial charge in [0, 0.05) is 24.7 Å². The Labute approximate surface area is 115 Å². The Balaban J connectivity index is 1.83. The molecule has 0 unspecified atom stereocenters. The van der Waals surface area contributed by atoms with Gasteiger partial charge in [-0.1, -0.05) is 24.3 Å². The van der Waals surface area contributed by atoms with E-state index in [9.17, 15) is 13.2 Å². The van der Waals surface area contributed by atoms with Gasteiger partial charge in [0.1, 0.15) is 17.5 Å². The molecule has 2 aromatic rings. The first-order valence-corrected chi connectivity index (χ1v) is 6.61. The van der Waals surface area contributed by atoms with Crippen LogP contribution in [0.1, 0.15) is 18.4 Å². The molecule has 1 nitrogen and oxygen atoms in total. The molecule has 0 saturated heterocycles. The first-order chi connectivity index (χ1) is 9.63. The highest BCUT2D eigenvalue weighted by Crippen LogP contribution is 2.27. The second kappa shape index (κ2) is 5.29. The van der Waals surface area contributed by atoms with Crippen molar-refractivity contribution in [3.63, 3.8) is 0 Å². The zero-order valence-electron chi connectivity index (χ0n) is 10.8. The van der Waals surface area contributed by atoms with Crippen LogP contribution < -0.4 is 5.32 Å². The summed E-state index contributed by atoms with van der Waals surface area (Å²) in [5, 5.41) is 3.36. The Morgan fingerprint density at radius 1 is 0.950 bits per heavy atom. The second-order valence-electron chi connectivity index (χ2n) is 5.10. The van der Waals surface area contributed by atoms with Crippen molar-refractivity contribution < 1.29 is 13.2 Å². The molecule has 4 heteroatoms. The average molecular weight is 277 g/mol. The molecule has 1 aliphatic rings. The van der Waals surface area contributed by atoms with Crippen LogP contribution in [0.15, 0.2) is 36.4 Å². The van der Waals surface area contributed by atoms with E-state index in [1.165, 1.54) is 12.8 Å². The van der Waals surface area contributed by atoms with Crippen LogP contribution in [0.3, 0.4) is 0 Å². The minimum Gasteiger partial charge on any atom is -0.310 e. The predicted molar refractivity (Wildman–Crippen MR) is 71.6 cm³/mol. The van der Waals surface area contributed by atoms with Crippen LogP contribution in [0.4, 0.5) is 13.2 Å². The van der Waals surface area contributed by atoms with Gasteiger partial charge in [0.15, 0.2) is 0 Å². The number of nitrogens with one attached hydrogen (secondary N) is 1. The van der Waals surface area contributed by atoms with Crippen molar-refractivity contribution in [2.45, 2.75) is 25.4 Å². The Morgan fingerprint density at radius 3 is 2.10 bits per heavy atom. The zero-order chi connectivity index (χ0) is 14.1. The molecule has 0 bridgehead atoms. The molecule has 0 atom stereocenters. The van der Waals surface area contributed by atoms with Crippen LogP contribution in [-0.4, -0.2) is 6.04 Å². The van der Waals surface area contributed by atoms with Gasteiger partial charge in [-0.15, -0.1) is 0 Å². The summed E-state index contributed by atoms with van der Waals surface area (Å²) in [4.78, 5) is 0. The van der Waals surface area contributed by atoms with Crippen LogP contribution in [0.2, 0.25) is 0 Å². The molecule has 1 fully saturated rings. The molecule has 0 aliphatic heterocycles. The maximum atomic E-state index is 13.7. The van der Waals surface area contributed by atoms with Crippen LogP contribution in [0.5, 0.6) is 0 Å². The molecule has 104 valence electrons. The van der Waals surface area contributed by atoms with E-state index < -0.39 is 17.5 Å². The predicted octanol–water partition coefficient (Wildman–Crippen LogP) is 4.02. The normalized spacial score (nSPS) is 14.6. The summed E-state index contributed by atoms with van der Waals surface area (Å²) in [6.07, 6.45) is 2.42. The topological polar surface area (TPSA) is 12.0 Å². The van der Waals surface area contributed by atoms with E-state index >= 15 is 0 Å². The maximum Gasteiger partial charge on any atom is 0.136 e. The number of rotatable bonds is 4. The van der Waals surface area contributed by atoms with Gasteiger partial charge in [-0.05, 0) is 24.0 Å². The second-order valence-corrected chi connectivity index (χ2v) is 5.10. The monoisotopic (exact) mass is 277 g/mol. The Bertz CT molecular complexity index is 595. The smallest absolute Gasteiger partial charge is 0.136 e. The highest BCUT2D eigenvalue weighted by Gasteiger charge is 2.20. The lowest BCUT2D eigenvalue weighted by molar-refractivity contribution is 0.548. The summed E-state index contributed by atoms with van der Waals surface area (Å²) >= 11 is 0. The van der Waals surface area contributed by atoms with Gasteiger partial charge in [-0.25, -0.2) is 13.2 Å². The zero-order valence-corrected chi connectivity index (χ0v) is 10.8. The third-order valence-electron chi connectivity index (χ3n) is 3.42. The molecule has 1 aliphatic carbocycles. The first kappa shape index (κ1) is 13.2. The van der Waals surface area contributed by atoms with Crippen molar-refractivity contribution in [2.24, 2.45) is 0 Å². The summed E-state index contributed by atoms with van der Waals surface area (Å²) in [5.41, 5.74) is 1.28. The summed E-state index contributed by atoms with van der Waals surface area (Å²) in [6, 6.07) is 8.97. The molecule has 1 N–H and O–H groups in total. The fourth-order valence-corrected chi connectivity index (χ4v) is 2.16.